The van der Waals surface area contributed by atoms with Gasteiger partial charge in [-0.25, -0.2) is 0 Å². The first-order valence-electron chi connectivity index (χ1n) is 7.62. The first-order valence-corrected chi connectivity index (χ1v) is 7.62. The highest BCUT2D eigenvalue weighted by atomic mass is 16.5. The van der Waals surface area contributed by atoms with Crippen molar-refractivity contribution in [3.05, 3.63) is 29.8 Å². The van der Waals surface area contributed by atoms with Gasteiger partial charge in [0.25, 0.3) is 0 Å². The van der Waals surface area contributed by atoms with Gasteiger partial charge in [0.1, 0.15) is 5.75 Å². The van der Waals surface area contributed by atoms with E-state index in [1.54, 1.807) is 0 Å². The van der Waals surface area contributed by atoms with E-state index >= 15 is 0 Å². The Bertz CT molecular complexity index is 394. The predicted molar refractivity (Wildman–Crippen MR) is 82.6 cm³/mol. The van der Waals surface area contributed by atoms with Crippen LogP contribution in [0.25, 0.3) is 0 Å². The van der Waals surface area contributed by atoms with Crippen LogP contribution in [0.2, 0.25) is 0 Å². The van der Waals surface area contributed by atoms with Crippen molar-refractivity contribution < 1.29 is 4.74 Å². The molecule has 3 nitrogen and oxygen atoms in total. The minimum Gasteiger partial charge on any atom is -0.494 e. The summed E-state index contributed by atoms with van der Waals surface area (Å²) < 4.78 is 5.68. The number of nitrogens with one attached hydrogen (secondary N) is 1. The van der Waals surface area contributed by atoms with Gasteiger partial charge in [-0.2, -0.15) is 5.26 Å². The molecule has 0 aliphatic heterocycles. The molecule has 1 aromatic rings. The fraction of sp³-hybridized carbons (Fsp3) is 0.588. The van der Waals surface area contributed by atoms with Crippen molar-refractivity contribution in [1.82, 2.24) is 5.32 Å². The lowest BCUT2D eigenvalue weighted by molar-refractivity contribution is 0.306. The minimum absolute atomic E-state index is 0.282. The van der Waals surface area contributed by atoms with Crippen molar-refractivity contribution in [3.63, 3.8) is 0 Å². The number of nitrogens with zero attached hydrogens (tertiary/aromatic N) is 1. The number of benzene rings is 1. The van der Waals surface area contributed by atoms with Crippen LogP contribution in [0.15, 0.2) is 24.3 Å². The molecule has 1 aromatic carbocycles. The molecule has 0 fully saturated rings. The smallest absolute Gasteiger partial charge is 0.119 e. The maximum absolute atomic E-state index is 8.72. The van der Waals surface area contributed by atoms with Crippen molar-refractivity contribution >= 4 is 0 Å². The van der Waals surface area contributed by atoms with Gasteiger partial charge in [-0.05, 0) is 30.5 Å². The lowest BCUT2D eigenvalue weighted by Crippen LogP contribution is -2.27. The SMILES string of the molecule is CCCCCOc1ccc(CNC(CC)CC#N)cc1. The summed E-state index contributed by atoms with van der Waals surface area (Å²) in [5.74, 6) is 0.939. The molecule has 110 valence electrons. The molecule has 0 spiro atoms. The van der Waals surface area contributed by atoms with Crippen molar-refractivity contribution in [3.8, 4) is 11.8 Å². The molecule has 1 rings (SSSR count). The molecule has 1 N–H and O–H groups in total. The van der Waals surface area contributed by atoms with Crippen LogP contribution in [0.3, 0.4) is 0 Å². The highest BCUT2D eigenvalue weighted by Crippen LogP contribution is 2.13. The van der Waals surface area contributed by atoms with Crippen LogP contribution in [-0.4, -0.2) is 12.6 Å². The molecule has 0 aliphatic carbocycles. The van der Waals surface area contributed by atoms with Gasteiger partial charge in [-0.3, -0.25) is 0 Å². The fourth-order valence-corrected chi connectivity index (χ4v) is 1.98. The van der Waals surface area contributed by atoms with E-state index in [0.29, 0.717) is 6.42 Å². The monoisotopic (exact) mass is 274 g/mol. The summed E-state index contributed by atoms with van der Waals surface area (Å²) >= 11 is 0. The van der Waals surface area contributed by atoms with Gasteiger partial charge in [0.2, 0.25) is 0 Å². The number of rotatable bonds is 10. The van der Waals surface area contributed by atoms with Gasteiger partial charge in [-0.15, -0.1) is 0 Å². The fourth-order valence-electron chi connectivity index (χ4n) is 1.98. The van der Waals surface area contributed by atoms with Gasteiger partial charge in [0, 0.05) is 12.6 Å². The second-order valence-corrected chi connectivity index (χ2v) is 5.05. The van der Waals surface area contributed by atoms with Gasteiger partial charge in [0.15, 0.2) is 0 Å². The molecule has 20 heavy (non-hydrogen) atoms. The molecular formula is C17H26N2O. The summed E-state index contributed by atoms with van der Waals surface area (Å²) in [5.41, 5.74) is 1.22. The number of nitriles is 1. The molecule has 0 aliphatic rings. The Morgan fingerprint density at radius 2 is 1.95 bits per heavy atom. The largest absolute Gasteiger partial charge is 0.494 e. The number of hydrogen-bond acceptors (Lipinski definition) is 3. The molecule has 0 radical (unpaired) electrons. The first-order chi connectivity index (χ1) is 9.80. The van der Waals surface area contributed by atoms with Crippen LogP contribution < -0.4 is 10.1 Å². The molecule has 0 saturated carbocycles. The standard InChI is InChI=1S/C17H26N2O/c1-3-5-6-13-20-17-9-7-15(8-10-17)14-19-16(4-2)11-12-18/h7-10,16,19H,3-6,11,13-14H2,1-2H3. The average Bonchev–Trinajstić information content (AvgIpc) is 2.49. The van der Waals surface area contributed by atoms with Crippen molar-refractivity contribution in [2.24, 2.45) is 0 Å². The van der Waals surface area contributed by atoms with Gasteiger partial charge in [0.05, 0.1) is 19.1 Å². The summed E-state index contributed by atoms with van der Waals surface area (Å²) in [6, 6.07) is 10.7. The van der Waals surface area contributed by atoms with Gasteiger partial charge >= 0.3 is 0 Å². The van der Waals surface area contributed by atoms with Crippen LogP contribution in [-0.2, 0) is 6.54 Å². The lowest BCUT2D eigenvalue weighted by Gasteiger charge is -2.13. The molecule has 3 heteroatoms. The molecule has 1 unspecified atom stereocenters. The van der Waals surface area contributed by atoms with Crippen molar-refractivity contribution in [2.75, 3.05) is 6.61 Å². The van der Waals surface area contributed by atoms with E-state index in [-0.39, 0.29) is 6.04 Å². The quantitative estimate of drug-likeness (QED) is 0.655. The van der Waals surface area contributed by atoms with Crippen molar-refractivity contribution in [2.45, 2.75) is 58.5 Å². The minimum atomic E-state index is 0.282. The zero-order valence-corrected chi connectivity index (χ0v) is 12.7. The summed E-state index contributed by atoms with van der Waals surface area (Å²) in [7, 11) is 0. The van der Waals surface area contributed by atoms with E-state index in [0.717, 1.165) is 31.7 Å². The maximum Gasteiger partial charge on any atom is 0.119 e. The van der Waals surface area contributed by atoms with E-state index in [9.17, 15) is 0 Å². The summed E-state index contributed by atoms with van der Waals surface area (Å²) in [6.45, 7) is 5.89. The van der Waals surface area contributed by atoms with Crippen molar-refractivity contribution in [1.29, 1.82) is 5.26 Å². The first kappa shape index (κ1) is 16.5. The Morgan fingerprint density at radius 1 is 1.20 bits per heavy atom. The Morgan fingerprint density at radius 3 is 2.55 bits per heavy atom. The molecule has 0 saturated heterocycles. The van der Waals surface area contributed by atoms with Gasteiger partial charge in [-0.1, -0.05) is 38.8 Å². The molecule has 1 atom stereocenters. The van der Waals surface area contributed by atoms with Crippen LogP contribution in [0.5, 0.6) is 5.75 Å². The average molecular weight is 274 g/mol. The maximum atomic E-state index is 8.72. The lowest BCUT2D eigenvalue weighted by atomic mass is 10.1. The Hall–Kier alpha value is -1.53. The Balaban J connectivity index is 2.33. The predicted octanol–water partition coefficient (Wildman–Crippen LogP) is 4.04. The second kappa shape index (κ2) is 10.3. The van der Waals surface area contributed by atoms with Crippen LogP contribution in [0.1, 0.15) is 51.5 Å². The Kier molecular flexibility index (Phi) is 8.49. The third kappa shape index (κ3) is 6.58. The molecule has 0 amide bonds. The third-order valence-corrected chi connectivity index (χ3v) is 3.37. The highest BCUT2D eigenvalue weighted by molar-refractivity contribution is 5.27. The summed E-state index contributed by atoms with van der Waals surface area (Å²) in [4.78, 5) is 0. The topological polar surface area (TPSA) is 45.0 Å². The zero-order valence-electron chi connectivity index (χ0n) is 12.7. The number of ether oxygens (including phenoxy) is 1. The van der Waals surface area contributed by atoms with Crippen LogP contribution in [0, 0.1) is 11.3 Å². The third-order valence-electron chi connectivity index (χ3n) is 3.37. The molecule has 0 aromatic heterocycles. The molecule has 0 heterocycles. The van der Waals surface area contributed by atoms with E-state index in [1.807, 2.05) is 12.1 Å². The van der Waals surface area contributed by atoms with E-state index in [4.69, 9.17) is 10.00 Å². The normalized spacial score (nSPS) is 11.8. The highest BCUT2D eigenvalue weighted by Gasteiger charge is 2.04. The zero-order chi connectivity index (χ0) is 14.6. The van der Waals surface area contributed by atoms with E-state index in [1.165, 1.54) is 18.4 Å². The van der Waals surface area contributed by atoms with E-state index in [2.05, 4.69) is 37.4 Å². The number of unbranched alkanes of at least 4 members (excludes halogenated alkanes) is 2. The van der Waals surface area contributed by atoms with Gasteiger partial charge < -0.3 is 10.1 Å². The molecule has 0 bridgehead atoms. The van der Waals surface area contributed by atoms with E-state index < -0.39 is 0 Å². The van der Waals surface area contributed by atoms with Crippen LogP contribution >= 0.6 is 0 Å². The van der Waals surface area contributed by atoms with Crippen LogP contribution in [0.4, 0.5) is 0 Å². The summed E-state index contributed by atoms with van der Waals surface area (Å²) in [5, 5.41) is 12.1. The number of hydrogen-bond donors (Lipinski definition) is 1. The summed E-state index contributed by atoms with van der Waals surface area (Å²) in [6.07, 6.45) is 5.10. The Labute approximate surface area is 123 Å². The second-order valence-electron chi connectivity index (χ2n) is 5.05. The molecular weight excluding hydrogens is 248 g/mol.